The van der Waals surface area contributed by atoms with E-state index in [-0.39, 0.29) is 11.9 Å². The van der Waals surface area contributed by atoms with Crippen molar-refractivity contribution in [2.75, 3.05) is 6.54 Å². The van der Waals surface area contributed by atoms with Gasteiger partial charge in [0.25, 0.3) is 0 Å². The predicted octanol–water partition coefficient (Wildman–Crippen LogP) is -1.43. The molecular weight excluding hydrogens is 184 g/mol. The molecule has 2 rings (SSSR count). The van der Waals surface area contributed by atoms with Crippen molar-refractivity contribution >= 4 is 5.91 Å². The Kier molecular flexibility index (Phi) is 2.68. The molecule has 0 saturated carbocycles. The van der Waals surface area contributed by atoms with E-state index in [1.807, 2.05) is 0 Å². The fourth-order valence-electron chi connectivity index (χ4n) is 1.46. The predicted molar refractivity (Wildman–Crippen MR) is 47.0 cm³/mol. The Morgan fingerprint density at radius 2 is 2.57 bits per heavy atom. The summed E-state index contributed by atoms with van der Waals surface area (Å²) in [6, 6.07) is -0.0538. The lowest BCUT2D eigenvalue weighted by Gasteiger charge is -2.08. The highest BCUT2D eigenvalue weighted by Gasteiger charge is 2.21. The van der Waals surface area contributed by atoms with E-state index < -0.39 is 0 Å². The molecular formula is C7H12N6O. The Morgan fingerprint density at radius 3 is 3.21 bits per heavy atom. The van der Waals surface area contributed by atoms with Gasteiger partial charge in [-0.2, -0.15) is 5.21 Å². The first-order chi connectivity index (χ1) is 6.86. The monoisotopic (exact) mass is 196 g/mol. The number of nitrogens with zero attached hydrogens (tertiary/aromatic N) is 3. The number of nitrogens with one attached hydrogen (secondary N) is 3. The van der Waals surface area contributed by atoms with Gasteiger partial charge in [0.15, 0.2) is 5.82 Å². The van der Waals surface area contributed by atoms with Gasteiger partial charge in [-0.15, -0.1) is 10.2 Å². The van der Waals surface area contributed by atoms with E-state index in [1.54, 1.807) is 0 Å². The van der Waals surface area contributed by atoms with Gasteiger partial charge in [-0.05, 0) is 19.4 Å². The molecule has 0 radical (unpaired) electrons. The maximum atomic E-state index is 11.5. The van der Waals surface area contributed by atoms with Crippen LogP contribution in [-0.2, 0) is 11.3 Å². The van der Waals surface area contributed by atoms with E-state index in [2.05, 4.69) is 31.3 Å². The van der Waals surface area contributed by atoms with Crippen molar-refractivity contribution in [2.24, 2.45) is 0 Å². The number of hydrogen-bond donors (Lipinski definition) is 3. The lowest BCUT2D eigenvalue weighted by atomic mass is 10.2. The molecule has 0 unspecified atom stereocenters. The number of carbonyl (C=O) groups is 1. The van der Waals surface area contributed by atoms with Crippen LogP contribution in [0.3, 0.4) is 0 Å². The lowest BCUT2D eigenvalue weighted by Crippen LogP contribution is -2.40. The van der Waals surface area contributed by atoms with Crippen molar-refractivity contribution in [3.05, 3.63) is 5.82 Å². The minimum absolute atomic E-state index is 0.00676. The standard InChI is InChI=1S/C7H12N6O/c14-7(5-2-1-3-8-5)9-4-6-10-12-13-11-6/h5,8H,1-4H2,(H,9,14)(H,10,11,12,13)/t5-/m0/s1. The van der Waals surface area contributed by atoms with Crippen molar-refractivity contribution in [1.82, 2.24) is 31.3 Å². The first kappa shape index (κ1) is 9.07. The molecule has 1 saturated heterocycles. The molecule has 3 N–H and O–H groups in total. The largest absolute Gasteiger partial charge is 0.347 e. The molecule has 7 heteroatoms. The highest BCUT2D eigenvalue weighted by molar-refractivity contribution is 5.81. The normalized spacial score (nSPS) is 21.0. The third-order valence-corrected chi connectivity index (χ3v) is 2.19. The van der Waals surface area contributed by atoms with Gasteiger partial charge in [-0.25, -0.2) is 0 Å². The molecule has 1 aliphatic rings. The summed E-state index contributed by atoms with van der Waals surface area (Å²) in [5.74, 6) is 0.503. The van der Waals surface area contributed by atoms with Crippen LogP contribution in [0.4, 0.5) is 0 Å². The molecule has 1 aromatic heterocycles. The number of H-pyrrole nitrogens is 1. The Morgan fingerprint density at radius 1 is 1.64 bits per heavy atom. The van der Waals surface area contributed by atoms with Crippen molar-refractivity contribution < 1.29 is 4.79 Å². The first-order valence-electron chi connectivity index (χ1n) is 4.59. The number of amides is 1. The molecule has 0 bridgehead atoms. The van der Waals surface area contributed by atoms with Crippen LogP contribution in [0, 0.1) is 0 Å². The van der Waals surface area contributed by atoms with Crippen LogP contribution in [0.2, 0.25) is 0 Å². The van der Waals surface area contributed by atoms with Gasteiger partial charge in [0.1, 0.15) is 0 Å². The Balaban J connectivity index is 1.77. The second kappa shape index (κ2) is 4.14. The lowest BCUT2D eigenvalue weighted by molar-refractivity contribution is -0.122. The van der Waals surface area contributed by atoms with Gasteiger partial charge in [-0.1, -0.05) is 5.21 Å². The van der Waals surface area contributed by atoms with Gasteiger partial charge in [0.05, 0.1) is 12.6 Å². The fourth-order valence-corrected chi connectivity index (χ4v) is 1.46. The summed E-state index contributed by atoms with van der Waals surface area (Å²) in [5.41, 5.74) is 0. The number of carbonyl (C=O) groups excluding carboxylic acids is 1. The van der Waals surface area contributed by atoms with Gasteiger partial charge in [-0.3, -0.25) is 4.79 Å². The molecule has 76 valence electrons. The summed E-state index contributed by atoms with van der Waals surface area (Å²) < 4.78 is 0. The molecule has 1 atom stereocenters. The average molecular weight is 196 g/mol. The number of aromatic nitrogens is 4. The van der Waals surface area contributed by atoms with Crippen LogP contribution in [0.15, 0.2) is 0 Å². The van der Waals surface area contributed by atoms with Crippen molar-refractivity contribution in [3.63, 3.8) is 0 Å². The molecule has 0 spiro atoms. The summed E-state index contributed by atoms with van der Waals surface area (Å²) in [6.45, 7) is 1.24. The van der Waals surface area contributed by atoms with E-state index in [1.165, 1.54) is 0 Å². The van der Waals surface area contributed by atoms with Crippen LogP contribution >= 0.6 is 0 Å². The van der Waals surface area contributed by atoms with Crippen LogP contribution < -0.4 is 10.6 Å². The van der Waals surface area contributed by atoms with Crippen LogP contribution in [0.5, 0.6) is 0 Å². The summed E-state index contributed by atoms with van der Waals surface area (Å²) in [6.07, 6.45) is 1.96. The fraction of sp³-hybridized carbons (Fsp3) is 0.714. The third-order valence-electron chi connectivity index (χ3n) is 2.19. The molecule has 1 aromatic rings. The van der Waals surface area contributed by atoms with Crippen molar-refractivity contribution in [2.45, 2.75) is 25.4 Å². The molecule has 1 fully saturated rings. The number of rotatable bonds is 3. The Hall–Kier alpha value is -1.50. The molecule has 1 aliphatic heterocycles. The molecule has 0 aromatic carbocycles. The topological polar surface area (TPSA) is 95.6 Å². The minimum atomic E-state index is -0.0538. The van der Waals surface area contributed by atoms with E-state index in [4.69, 9.17) is 0 Å². The van der Waals surface area contributed by atoms with E-state index in [9.17, 15) is 4.79 Å². The zero-order valence-corrected chi connectivity index (χ0v) is 7.66. The van der Waals surface area contributed by atoms with E-state index >= 15 is 0 Å². The highest BCUT2D eigenvalue weighted by Crippen LogP contribution is 2.04. The second-order valence-corrected chi connectivity index (χ2v) is 3.19. The quantitative estimate of drug-likeness (QED) is 0.550. The van der Waals surface area contributed by atoms with Crippen molar-refractivity contribution in [1.29, 1.82) is 0 Å². The van der Waals surface area contributed by atoms with Crippen molar-refractivity contribution in [3.8, 4) is 0 Å². The Labute approximate surface area is 80.6 Å². The highest BCUT2D eigenvalue weighted by atomic mass is 16.2. The molecule has 7 nitrogen and oxygen atoms in total. The van der Waals surface area contributed by atoms with E-state index in [0.717, 1.165) is 19.4 Å². The Bertz CT molecular complexity index is 291. The average Bonchev–Trinajstić information content (AvgIpc) is 2.87. The van der Waals surface area contributed by atoms with E-state index in [0.29, 0.717) is 12.4 Å². The smallest absolute Gasteiger partial charge is 0.237 e. The summed E-state index contributed by atoms with van der Waals surface area (Å²) in [4.78, 5) is 11.5. The van der Waals surface area contributed by atoms with Gasteiger partial charge < -0.3 is 10.6 Å². The first-order valence-corrected chi connectivity index (χ1v) is 4.59. The van der Waals surface area contributed by atoms with Gasteiger partial charge in [0.2, 0.25) is 5.91 Å². The maximum Gasteiger partial charge on any atom is 0.237 e. The number of aromatic amines is 1. The maximum absolute atomic E-state index is 11.5. The molecule has 1 amide bonds. The number of tetrazole rings is 1. The summed E-state index contributed by atoms with van der Waals surface area (Å²) in [7, 11) is 0. The van der Waals surface area contributed by atoms with Crippen LogP contribution in [0.25, 0.3) is 0 Å². The minimum Gasteiger partial charge on any atom is -0.347 e. The molecule has 14 heavy (non-hydrogen) atoms. The third kappa shape index (κ3) is 2.05. The van der Waals surface area contributed by atoms with Crippen LogP contribution in [-0.4, -0.2) is 39.1 Å². The SMILES string of the molecule is O=C(NCc1nn[nH]n1)[C@@H]1CCCN1. The molecule has 0 aliphatic carbocycles. The number of hydrogen-bond acceptors (Lipinski definition) is 5. The second-order valence-electron chi connectivity index (χ2n) is 3.19. The summed E-state index contributed by atoms with van der Waals surface area (Å²) >= 11 is 0. The zero-order valence-electron chi connectivity index (χ0n) is 7.66. The van der Waals surface area contributed by atoms with Crippen LogP contribution in [0.1, 0.15) is 18.7 Å². The zero-order chi connectivity index (χ0) is 9.80. The molecule has 2 heterocycles. The van der Waals surface area contributed by atoms with Gasteiger partial charge >= 0.3 is 0 Å². The summed E-state index contributed by atoms with van der Waals surface area (Å²) in [5, 5.41) is 19.0. The van der Waals surface area contributed by atoms with Gasteiger partial charge in [0, 0.05) is 0 Å².